The summed E-state index contributed by atoms with van der Waals surface area (Å²) >= 11 is 3.25. The molecular formula is C12H15BrN2O3. The molecule has 1 unspecified atom stereocenters. The second kappa shape index (κ2) is 5.67. The Hall–Kier alpha value is -1.14. The number of nitrogens with zero attached hydrogens (tertiary/aromatic N) is 2. The highest BCUT2D eigenvalue weighted by atomic mass is 79.9. The minimum absolute atomic E-state index is 0.238. The van der Waals surface area contributed by atoms with Crippen LogP contribution in [0.1, 0.15) is 16.8 Å². The van der Waals surface area contributed by atoms with Crippen LogP contribution in [0.15, 0.2) is 16.7 Å². The molecule has 1 atom stereocenters. The molecule has 1 aromatic rings. The Labute approximate surface area is 114 Å². The van der Waals surface area contributed by atoms with E-state index in [-0.39, 0.29) is 5.56 Å². The first-order valence-corrected chi connectivity index (χ1v) is 6.54. The van der Waals surface area contributed by atoms with Gasteiger partial charge in [0.2, 0.25) is 0 Å². The van der Waals surface area contributed by atoms with E-state index in [1.165, 1.54) is 0 Å². The minimum atomic E-state index is -0.950. The first-order valence-electron chi connectivity index (χ1n) is 5.74. The van der Waals surface area contributed by atoms with Crippen LogP contribution in [0, 0.1) is 5.92 Å². The highest BCUT2D eigenvalue weighted by Gasteiger charge is 2.26. The molecule has 0 radical (unpaired) electrons. The van der Waals surface area contributed by atoms with Gasteiger partial charge in [0.05, 0.1) is 6.61 Å². The van der Waals surface area contributed by atoms with Crippen molar-refractivity contribution in [1.29, 1.82) is 0 Å². The molecule has 98 valence electrons. The molecule has 0 amide bonds. The van der Waals surface area contributed by atoms with Crippen molar-refractivity contribution in [1.82, 2.24) is 4.98 Å². The molecule has 5 nitrogen and oxygen atoms in total. The van der Waals surface area contributed by atoms with Crippen LogP contribution in [0.3, 0.4) is 0 Å². The second-order valence-corrected chi connectivity index (χ2v) is 5.30. The third-order valence-electron chi connectivity index (χ3n) is 3.05. The van der Waals surface area contributed by atoms with E-state index in [9.17, 15) is 9.90 Å². The predicted molar refractivity (Wildman–Crippen MR) is 71.1 cm³/mol. The number of halogens is 1. The average molecular weight is 315 g/mol. The van der Waals surface area contributed by atoms with Crippen LogP contribution in [0.5, 0.6) is 0 Å². The molecule has 1 saturated heterocycles. The molecule has 0 aromatic carbocycles. The number of methoxy groups -OCH3 is 1. The van der Waals surface area contributed by atoms with Gasteiger partial charge < -0.3 is 14.7 Å². The van der Waals surface area contributed by atoms with Crippen LogP contribution in [0.25, 0.3) is 0 Å². The lowest BCUT2D eigenvalue weighted by Gasteiger charge is -2.19. The number of carboxylic acids is 1. The molecule has 1 N–H and O–H groups in total. The Balaban J connectivity index is 2.21. The molecule has 18 heavy (non-hydrogen) atoms. The molecule has 0 spiro atoms. The quantitative estimate of drug-likeness (QED) is 0.921. The van der Waals surface area contributed by atoms with Gasteiger partial charge >= 0.3 is 5.97 Å². The van der Waals surface area contributed by atoms with Gasteiger partial charge in [0.1, 0.15) is 11.4 Å². The van der Waals surface area contributed by atoms with Gasteiger partial charge in [-0.2, -0.15) is 0 Å². The summed E-state index contributed by atoms with van der Waals surface area (Å²) in [5.74, 6) is 0.0420. The summed E-state index contributed by atoms with van der Waals surface area (Å²) < 4.78 is 5.81. The molecule has 1 aliphatic heterocycles. The number of anilines is 1. The summed E-state index contributed by atoms with van der Waals surface area (Å²) in [5, 5.41) is 9.21. The molecule has 1 aliphatic rings. The Kier molecular flexibility index (Phi) is 4.19. The minimum Gasteiger partial charge on any atom is -0.478 e. The number of aromatic nitrogens is 1. The normalized spacial score (nSPS) is 19.2. The van der Waals surface area contributed by atoms with Crippen molar-refractivity contribution < 1.29 is 14.6 Å². The highest BCUT2D eigenvalue weighted by Crippen LogP contribution is 2.27. The fourth-order valence-electron chi connectivity index (χ4n) is 2.24. The first kappa shape index (κ1) is 13.3. The largest absolute Gasteiger partial charge is 0.478 e. The van der Waals surface area contributed by atoms with Crippen LogP contribution < -0.4 is 4.90 Å². The summed E-state index contributed by atoms with van der Waals surface area (Å²) in [6.07, 6.45) is 2.63. The van der Waals surface area contributed by atoms with Gasteiger partial charge in [-0.05, 0) is 28.4 Å². The molecular weight excluding hydrogens is 300 g/mol. The van der Waals surface area contributed by atoms with Crippen molar-refractivity contribution in [2.24, 2.45) is 5.92 Å². The zero-order valence-corrected chi connectivity index (χ0v) is 11.7. The van der Waals surface area contributed by atoms with E-state index in [0.29, 0.717) is 22.8 Å². The summed E-state index contributed by atoms with van der Waals surface area (Å²) in [5.41, 5.74) is 0.238. The van der Waals surface area contributed by atoms with Gasteiger partial charge in [-0.3, -0.25) is 0 Å². The fraction of sp³-hybridized carbons (Fsp3) is 0.500. The smallest absolute Gasteiger partial charge is 0.339 e. The van der Waals surface area contributed by atoms with Gasteiger partial charge in [-0.15, -0.1) is 0 Å². The lowest BCUT2D eigenvalue weighted by Crippen LogP contribution is -2.24. The number of carboxylic acid groups (broad SMARTS) is 1. The average Bonchev–Trinajstić information content (AvgIpc) is 2.78. The standard InChI is InChI=1S/C12H15BrN2O3/c1-18-7-8-2-3-15(6-8)11-10(12(16)17)4-9(13)5-14-11/h4-5,8H,2-3,6-7H2,1H3,(H,16,17). The maximum absolute atomic E-state index is 11.2. The molecule has 6 heteroatoms. The Morgan fingerprint density at radius 1 is 1.72 bits per heavy atom. The van der Waals surface area contributed by atoms with Crippen molar-refractivity contribution >= 4 is 27.7 Å². The van der Waals surface area contributed by atoms with Crippen LogP contribution in [0.4, 0.5) is 5.82 Å². The summed E-state index contributed by atoms with van der Waals surface area (Å²) in [6, 6.07) is 1.59. The second-order valence-electron chi connectivity index (χ2n) is 4.39. The highest BCUT2D eigenvalue weighted by molar-refractivity contribution is 9.10. The number of hydrogen-bond donors (Lipinski definition) is 1. The third-order valence-corrected chi connectivity index (χ3v) is 3.49. The number of ether oxygens (including phenoxy) is 1. The summed E-state index contributed by atoms with van der Waals surface area (Å²) in [7, 11) is 1.68. The monoisotopic (exact) mass is 314 g/mol. The zero-order valence-electron chi connectivity index (χ0n) is 10.1. The lowest BCUT2D eigenvalue weighted by molar-refractivity contribution is 0.0697. The fourth-order valence-corrected chi connectivity index (χ4v) is 2.57. The molecule has 1 fully saturated rings. The van der Waals surface area contributed by atoms with Gasteiger partial charge in [-0.25, -0.2) is 9.78 Å². The predicted octanol–water partition coefficient (Wildman–Crippen LogP) is 2.01. The Morgan fingerprint density at radius 3 is 3.17 bits per heavy atom. The molecule has 2 rings (SSSR count). The van der Waals surface area contributed by atoms with Gasteiger partial charge in [-0.1, -0.05) is 0 Å². The van der Waals surface area contributed by atoms with Gasteiger partial charge in [0.25, 0.3) is 0 Å². The molecule has 0 aliphatic carbocycles. The van der Waals surface area contributed by atoms with Crippen molar-refractivity contribution in [3.63, 3.8) is 0 Å². The van der Waals surface area contributed by atoms with Crippen molar-refractivity contribution in [2.45, 2.75) is 6.42 Å². The van der Waals surface area contributed by atoms with E-state index in [1.54, 1.807) is 19.4 Å². The van der Waals surface area contributed by atoms with Crippen molar-refractivity contribution in [3.05, 3.63) is 22.3 Å². The van der Waals surface area contributed by atoms with E-state index < -0.39 is 5.97 Å². The molecule has 2 heterocycles. The SMILES string of the molecule is COCC1CCN(c2ncc(Br)cc2C(=O)O)C1. The lowest BCUT2D eigenvalue weighted by atomic mass is 10.1. The van der Waals surface area contributed by atoms with E-state index in [1.807, 2.05) is 4.90 Å². The van der Waals surface area contributed by atoms with Gasteiger partial charge in [0, 0.05) is 36.8 Å². The summed E-state index contributed by atoms with van der Waals surface area (Å²) in [4.78, 5) is 17.5. The zero-order chi connectivity index (χ0) is 13.1. The van der Waals surface area contributed by atoms with E-state index >= 15 is 0 Å². The molecule has 0 bridgehead atoms. The molecule has 1 aromatic heterocycles. The number of pyridine rings is 1. The number of aromatic carboxylic acids is 1. The van der Waals surface area contributed by atoms with Crippen LogP contribution in [-0.4, -0.2) is 42.9 Å². The van der Waals surface area contributed by atoms with Crippen molar-refractivity contribution in [3.8, 4) is 0 Å². The van der Waals surface area contributed by atoms with E-state index in [4.69, 9.17) is 4.74 Å². The first-order chi connectivity index (χ1) is 8.61. The third kappa shape index (κ3) is 2.81. The van der Waals surface area contributed by atoms with E-state index in [2.05, 4.69) is 20.9 Å². The molecule has 0 saturated carbocycles. The van der Waals surface area contributed by atoms with Crippen molar-refractivity contribution in [2.75, 3.05) is 31.7 Å². The van der Waals surface area contributed by atoms with Crippen LogP contribution in [-0.2, 0) is 4.74 Å². The van der Waals surface area contributed by atoms with Crippen LogP contribution >= 0.6 is 15.9 Å². The maximum atomic E-state index is 11.2. The number of rotatable bonds is 4. The Morgan fingerprint density at radius 2 is 2.50 bits per heavy atom. The Bertz CT molecular complexity index is 453. The number of hydrogen-bond acceptors (Lipinski definition) is 4. The maximum Gasteiger partial charge on any atom is 0.339 e. The van der Waals surface area contributed by atoms with Gasteiger partial charge in [0.15, 0.2) is 0 Å². The summed E-state index contributed by atoms with van der Waals surface area (Å²) in [6.45, 7) is 2.32. The topological polar surface area (TPSA) is 62.7 Å². The van der Waals surface area contributed by atoms with E-state index in [0.717, 1.165) is 19.5 Å². The number of carbonyl (C=O) groups is 1. The van der Waals surface area contributed by atoms with Crippen LogP contribution in [0.2, 0.25) is 0 Å².